The van der Waals surface area contributed by atoms with Gasteiger partial charge >= 0.3 is 0 Å². The zero-order valence-electron chi connectivity index (χ0n) is 14.7. The monoisotopic (exact) mass is 355 g/mol. The fraction of sp³-hybridized carbons (Fsp3) is 0.529. The summed E-state index contributed by atoms with van der Waals surface area (Å²) in [5.41, 5.74) is 2.17. The van der Waals surface area contributed by atoms with E-state index < -0.39 is 0 Å². The molecule has 2 aromatic rings. The Kier molecular flexibility index (Phi) is 4.58. The number of anilines is 3. The van der Waals surface area contributed by atoms with Gasteiger partial charge in [-0.05, 0) is 26.2 Å². The highest BCUT2D eigenvalue weighted by molar-refractivity contribution is 5.69. The van der Waals surface area contributed by atoms with Crippen LogP contribution in [0.2, 0.25) is 0 Å². The highest BCUT2D eigenvalue weighted by atomic mass is 16.5. The van der Waals surface area contributed by atoms with Crippen LogP contribution in [-0.4, -0.2) is 46.1 Å². The Balaban J connectivity index is 1.71. The smallest absolute Gasteiger partial charge is 0.257 e. The minimum Gasteiger partial charge on any atom is -0.475 e. The van der Waals surface area contributed by atoms with Gasteiger partial charge in [0.15, 0.2) is 0 Å². The van der Waals surface area contributed by atoms with Crippen molar-refractivity contribution in [1.82, 2.24) is 19.7 Å². The van der Waals surface area contributed by atoms with Crippen molar-refractivity contribution in [1.29, 1.82) is 0 Å². The van der Waals surface area contributed by atoms with Crippen molar-refractivity contribution in [2.45, 2.75) is 32.2 Å². The third-order valence-electron chi connectivity index (χ3n) is 4.63. The van der Waals surface area contributed by atoms with Gasteiger partial charge in [0.05, 0.1) is 24.9 Å². The molecule has 136 valence electrons. The van der Waals surface area contributed by atoms with Gasteiger partial charge in [-0.25, -0.2) is 14.8 Å². The zero-order chi connectivity index (χ0) is 17.9. The minimum atomic E-state index is 0.303. The third-order valence-corrected chi connectivity index (χ3v) is 4.63. The van der Waals surface area contributed by atoms with E-state index in [-0.39, 0.29) is 0 Å². The van der Waals surface area contributed by atoms with E-state index in [1.165, 1.54) is 6.20 Å². The summed E-state index contributed by atoms with van der Waals surface area (Å²) in [6.07, 6.45) is 4.18. The van der Waals surface area contributed by atoms with Gasteiger partial charge in [-0.1, -0.05) is 0 Å². The summed E-state index contributed by atoms with van der Waals surface area (Å²) in [4.78, 5) is 12.2. The van der Waals surface area contributed by atoms with Gasteiger partial charge in [0, 0.05) is 26.0 Å². The van der Waals surface area contributed by atoms with E-state index in [1.807, 2.05) is 11.6 Å². The predicted octanol–water partition coefficient (Wildman–Crippen LogP) is 2.82. The molecule has 0 unspecified atom stereocenters. The average Bonchev–Trinajstić information content (AvgIpc) is 2.96. The summed E-state index contributed by atoms with van der Waals surface area (Å²) in [6.45, 7) is 12.0. The summed E-state index contributed by atoms with van der Waals surface area (Å²) in [7, 11) is 0. The lowest BCUT2D eigenvalue weighted by molar-refractivity contribution is 0.0652. The second kappa shape index (κ2) is 7.17. The SMILES string of the molecule is [C-]#[N+]c1cnc2nc1NCCCOc1nn(C3CCOCC3)c(C)c1N2. The van der Waals surface area contributed by atoms with Gasteiger partial charge < -0.3 is 20.1 Å². The molecule has 26 heavy (non-hydrogen) atoms. The molecule has 9 heteroatoms. The molecule has 1 fully saturated rings. The van der Waals surface area contributed by atoms with E-state index >= 15 is 0 Å². The molecule has 0 spiro atoms. The predicted molar refractivity (Wildman–Crippen MR) is 96.2 cm³/mol. The number of hydrogen-bond donors (Lipinski definition) is 2. The van der Waals surface area contributed by atoms with E-state index in [4.69, 9.17) is 21.1 Å². The molecule has 2 N–H and O–H groups in total. The number of nitrogens with zero attached hydrogens (tertiary/aromatic N) is 5. The maximum absolute atomic E-state index is 7.25. The number of rotatable bonds is 1. The molecule has 0 radical (unpaired) electrons. The summed E-state index contributed by atoms with van der Waals surface area (Å²) in [5.74, 6) is 1.52. The molecule has 0 saturated carbocycles. The van der Waals surface area contributed by atoms with E-state index in [0.29, 0.717) is 42.5 Å². The quantitative estimate of drug-likeness (QED) is 0.760. The maximum atomic E-state index is 7.25. The third kappa shape index (κ3) is 3.15. The topological polar surface area (TPSA) is 90.5 Å². The Morgan fingerprint density at radius 1 is 1.31 bits per heavy atom. The van der Waals surface area contributed by atoms with Crippen LogP contribution < -0.4 is 15.4 Å². The molecule has 0 aliphatic carbocycles. The molecular formula is C17H21N7O2. The highest BCUT2D eigenvalue weighted by Gasteiger charge is 2.24. The molecule has 0 amide bonds. The fourth-order valence-electron chi connectivity index (χ4n) is 3.23. The first-order valence-electron chi connectivity index (χ1n) is 8.81. The van der Waals surface area contributed by atoms with Gasteiger partial charge in [0.2, 0.25) is 11.6 Å². The number of nitrogens with one attached hydrogen (secondary N) is 2. The van der Waals surface area contributed by atoms with Crippen molar-refractivity contribution >= 4 is 23.1 Å². The number of ether oxygens (including phenoxy) is 2. The van der Waals surface area contributed by atoms with E-state index in [1.54, 1.807) is 0 Å². The Morgan fingerprint density at radius 2 is 2.15 bits per heavy atom. The summed E-state index contributed by atoms with van der Waals surface area (Å²) < 4.78 is 13.4. The Labute approximate surface area is 151 Å². The van der Waals surface area contributed by atoms with Crippen LogP contribution >= 0.6 is 0 Å². The van der Waals surface area contributed by atoms with Gasteiger partial charge in [-0.3, -0.25) is 4.68 Å². The van der Waals surface area contributed by atoms with Crippen molar-refractivity contribution in [2.24, 2.45) is 0 Å². The molecule has 4 heterocycles. The lowest BCUT2D eigenvalue weighted by Gasteiger charge is -2.23. The highest BCUT2D eigenvalue weighted by Crippen LogP contribution is 2.35. The molecule has 0 aromatic carbocycles. The van der Waals surface area contributed by atoms with Crippen molar-refractivity contribution in [3.05, 3.63) is 23.3 Å². The molecule has 2 bridgehead atoms. The molecule has 2 aliphatic heterocycles. The lowest BCUT2D eigenvalue weighted by Crippen LogP contribution is -2.21. The molecular weight excluding hydrogens is 334 g/mol. The van der Waals surface area contributed by atoms with Crippen LogP contribution in [-0.2, 0) is 4.74 Å². The van der Waals surface area contributed by atoms with Crippen molar-refractivity contribution in [3.8, 4) is 5.88 Å². The van der Waals surface area contributed by atoms with E-state index in [2.05, 4.69) is 25.4 Å². The lowest BCUT2D eigenvalue weighted by atomic mass is 10.1. The van der Waals surface area contributed by atoms with Crippen LogP contribution in [0.5, 0.6) is 5.88 Å². The average molecular weight is 355 g/mol. The van der Waals surface area contributed by atoms with Crippen LogP contribution in [0.1, 0.15) is 31.0 Å². The van der Waals surface area contributed by atoms with Crippen LogP contribution in [0.15, 0.2) is 6.20 Å². The maximum Gasteiger partial charge on any atom is 0.257 e. The van der Waals surface area contributed by atoms with E-state index in [9.17, 15) is 0 Å². The van der Waals surface area contributed by atoms with Crippen LogP contribution in [0.4, 0.5) is 23.1 Å². The molecule has 2 aliphatic rings. The van der Waals surface area contributed by atoms with Crippen molar-refractivity contribution < 1.29 is 9.47 Å². The van der Waals surface area contributed by atoms with Gasteiger partial charge in [0.1, 0.15) is 11.5 Å². The zero-order valence-corrected chi connectivity index (χ0v) is 14.7. The van der Waals surface area contributed by atoms with Gasteiger partial charge in [-0.15, -0.1) is 5.10 Å². The van der Waals surface area contributed by atoms with Crippen LogP contribution in [0.25, 0.3) is 4.85 Å². The van der Waals surface area contributed by atoms with E-state index in [0.717, 1.165) is 43.9 Å². The normalized spacial score (nSPS) is 17.7. The van der Waals surface area contributed by atoms with Gasteiger partial charge in [-0.2, -0.15) is 0 Å². The Hall–Kier alpha value is -2.86. The summed E-state index contributed by atoms with van der Waals surface area (Å²) >= 11 is 0. The van der Waals surface area contributed by atoms with Gasteiger partial charge in [0.25, 0.3) is 5.88 Å². The molecule has 1 saturated heterocycles. The first-order chi connectivity index (χ1) is 12.8. The first-order valence-corrected chi connectivity index (χ1v) is 8.81. The number of fused-ring (bicyclic) bond motifs is 3. The standard InChI is InChI=1S/C17H21N7O2/c1-11-14-16(23-24(11)12-4-8-25-9-5-12)26-7-3-6-19-15-13(18-2)10-20-17(21-14)22-15/h10,12H,3-9H2,1H3,(H2,19,20,21,22). The summed E-state index contributed by atoms with van der Waals surface area (Å²) in [5, 5.41) is 11.1. The Bertz CT molecular complexity index is 836. The Morgan fingerprint density at radius 3 is 2.96 bits per heavy atom. The van der Waals surface area contributed by atoms with Crippen molar-refractivity contribution in [2.75, 3.05) is 37.0 Å². The van der Waals surface area contributed by atoms with Crippen LogP contribution in [0, 0.1) is 13.5 Å². The minimum absolute atomic E-state index is 0.303. The largest absolute Gasteiger partial charge is 0.475 e. The first kappa shape index (κ1) is 16.6. The summed E-state index contributed by atoms with van der Waals surface area (Å²) in [6, 6.07) is 0.303. The van der Waals surface area contributed by atoms with Crippen LogP contribution in [0.3, 0.4) is 0 Å². The molecule has 4 rings (SSSR count). The second-order valence-electron chi connectivity index (χ2n) is 6.35. The number of hydrogen-bond acceptors (Lipinski definition) is 7. The fourth-order valence-corrected chi connectivity index (χ4v) is 3.23. The molecule has 0 atom stereocenters. The number of aromatic nitrogens is 4. The molecule has 2 aromatic heterocycles. The van der Waals surface area contributed by atoms with Crippen molar-refractivity contribution in [3.63, 3.8) is 0 Å². The second-order valence-corrected chi connectivity index (χ2v) is 6.35. The molecule has 9 nitrogen and oxygen atoms in total.